The lowest BCUT2D eigenvalue weighted by molar-refractivity contribution is 0.151. The Morgan fingerprint density at radius 2 is 2.04 bits per heavy atom. The molecule has 0 atom stereocenters. The van der Waals surface area contributed by atoms with Crippen LogP contribution in [-0.4, -0.2) is 45.2 Å². The summed E-state index contributed by atoms with van der Waals surface area (Å²) in [4.78, 5) is 6.87. The maximum atomic E-state index is 5.42. The third-order valence-corrected chi connectivity index (χ3v) is 5.90. The molecule has 0 radical (unpaired) electrons. The molecular formula is C18H27BrIN3O2. The monoisotopic (exact) mass is 523 g/mol. The molecule has 5 nitrogen and oxygen atoms in total. The summed E-state index contributed by atoms with van der Waals surface area (Å²) in [5, 5.41) is 3.49. The Morgan fingerprint density at radius 1 is 1.28 bits per heavy atom. The van der Waals surface area contributed by atoms with Gasteiger partial charge in [-0.3, -0.25) is 4.99 Å². The Balaban J connectivity index is 0.00000225. The van der Waals surface area contributed by atoms with Crippen molar-refractivity contribution in [3.8, 4) is 11.5 Å². The van der Waals surface area contributed by atoms with E-state index in [0.29, 0.717) is 12.0 Å². The fourth-order valence-corrected chi connectivity index (χ4v) is 4.44. The highest BCUT2D eigenvalue weighted by Gasteiger charge is 2.43. The van der Waals surface area contributed by atoms with Crippen LogP contribution in [0.25, 0.3) is 0 Å². The van der Waals surface area contributed by atoms with E-state index in [1.165, 1.54) is 25.7 Å². The number of ether oxygens (including phenoxy) is 2. The van der Waals surface area contributed by atoms with Crippen LogP contribution < -0.4 is 14.8 Å². The average molecular weight is 524 g/mol. The number of likely N-dealkylation sites (tertiary alicyclic amines) is 1. The van der Waals surface area contributed by atoms with Gasteiger partial charge in [0.15, 0.2) is 17.5 Å². The van der Waals surface area contributed by atoms with Gasteiger partial charge in [0.05, 0.1) is 18.7 Å². The second kappa shape index (κ2) is 8.79. The Bertz CT molecular complexity index is 635. The number of nitrogens with one attached hydrogen (secondary N) is 1. The van der Waals surface area contributed by atoms with Crippen molar-refractivity contribution < 1.29 is 9.47 Å². The van der Waals surface area contributed by atoms with Gasteiger partial charge < -0.3 is 19.7 Å². The quantitative estimate of drug-likeness (QED) is 0.367. The molecule has 1 saturated heterocycles. The van der Waals surface area contributed by atoms with E-state index < -0.39 is 0 Å². The molecule has 1 aromatic rings. The zero-order valence-corrected chi connectivity index (χ0v) is 19.0. The number of guanidine groups is 1. The van der Waals surface area contributed by atoms with Crippen LogP contribution in [0.1, 0.15) is 31.2 Å². The van der Waals surface area contributed by atoms with Crippen molar-refractivity contribution >= 4 is 45.9 Å². The first-order valence-corrected chi connectivity index (χ1v) is 9.26. The van der Waals surface area contributed by atoms with Crippen molar-refractivity contribution in [1.82, 2.24) is 10.2 Å². The smallest absolute Gasteiger partial charge is 0.193 e. The first kappa shape index (κ1) is 20.6. The van der Waals surface area contributed by atoms with Gasteiger partial charge in [0.2, 0.25) is 0 Å². The zero-order valence-electron chi connectivity index (χ0n) is 15.1. The lowest BCUT2D eigenvalue weighted by Gasteiger charge is -2.38. The third kappa shape index (κ3) is 4.35. The van der Waals surface area contributed by atoms with Crippen molar-refractivity contribution in [1.29, 1.82) is 0 Å². The van der Waals surface area contributed by atoms with Crippen LogP contribution in [0.5, 0.6) is 11.5 Å². The number of aliphatic imine (C=N–C) groups is 1. The minimum absolute atomic E-state index is 0. The topological polar surface area (TPSA) is 46.1 Å². The van der Waals surface area contributed by atoms with Crippen LogP contribution in [0.4, 0.5) is 0 Å². The molecule has 1 heterocycles. The molecule has 0 bridgehead atoms. The molecule has 2 aliphatic rings. The van der Waals surface area contributed by atoms with E-state index in [4.69, 9.17) is 9.47 Å². The molecule has 1 spiro atoms. The highest BCUT2D eigenvalue weighted by Crippen LogP contribution is 2.47. The largest absolute Gasteiger partial charge is 0.493 e. The van der Waals surface area contributed by atoms with Crippen LogP contribution in [-0.2, 0) is 6.54 Å². The van der Waals surface area contributed by atoms with E-state index in [1.807, 2.05) is 13.1 Å². The molecule has 1 aliphatic carbocycles. The number of nitrogens with zero attached hydrogens (tertiary/aromatic N) is 2. The van der Waals surface area contributed by atoms with E-state index in [2.05, 4.69) is 37.2 Å². The summed E-state index contributed by atoms with van der Waals surface area (Å²) in [6.07, 6.45) is 5.45. The Morgan fingerprint density at radius 3 is 2.56 bits per heavy atom. The highest BCUT2D eigenvalue weighted by atomic mass is 127. The molecule has 1 aromatic carbocycles. The van der Waals surface area contributed by atoms with Crippen LogP contribution >= 0.6 is 39.9 Å². The SMILES string of the molecule is CN=C(NCc1cc(Br)c(OC)c(OC)c1)N1CCC2(CCC2)C1.I. The Labute approximate surface area is 175 Å². The maximum Gasteiger partial charge on any atom is 0.193 e. The second-order valence-corrected chi connectivity index (χ2v) is 7.59. The van der Waals surface area contributed by atoms with Gasteiger partial charge in [-0.25, -0.2) is 0 Å². The minimum Gasteiger partial charge on any atom is -0.493 e. The minimum atomic E-state index is 0. The van der Waals surface area contributed by atoms with Crippen molar-refractivity contribution in [2.75, 3.05) is 34.4 Å². The Hall–Kier alpha value is -0.700. The van der Waals surface area contributed by atoms with E-state index in [9.17, 15) is 0 Å². The van der Waals surface area contributed by atoms with Crippen molar-refractivity contribution in [2.24, 2.45) is 10.4 Å². The predicted molar refractivity (Wildman–Crippen MR) is 115 cm³/mol. The molecule has 140 valence electrons. The summed E-state index contributed by atoms with van der Waals surface area (Å²) in [6, 6.07) is 4.06. The predicted octanol–water partition coefficient (Wildman–Crippen LogP) is 4.04. The number of halogens is 2. The average Bonchev–Trinajstić information content (AvgIpc) is 3.00. The molecular weight excluding hydrogens is 497 g/mol. The van der Waals surface area contributed by atoms with Gasteiger partial charge in [0.25, 0.3) is 0 Å². The third-order valence-electron chi connectivity index (χ3n) is 5.31. The van der Waals surface area contributed by atoms with Crippen LogP contribution in [0, 0.1) is 5.41 Å². The van der Waals surface area contributed by atoms with Gasteiger partial charge in [-0.15, -0.1) is 24.0 Å². The fourth-order valence-electron chi connectivity index (χ4n) is 3.79. The number of benzene rings is 1. The molecule has 0 unspecified atom stereocenters. The van der Waals surface area contributed by atoms with Crippen LogP contribution in [0.2, 0.25) is 0 Å². The first-order chi connectivity index (χ1) is 11.6. The van der Waals surface area contributed by atoms with E-state index >= 15 is 0 Å². The van der Waals surface area contributed by atoms with Gasteiger partial charge in [0, 0.05) is 26.7 Å². The van der Waals surface area contributed by atoms with Crippen LogP contribution in [0.3, 0.4) is 0 Å². The molecule has 1 aliphatic heterocycles. The molecule has 0 amide bonds. The van der Waals surface area contributed by atoms with Gasteiger partial charge in [-0.2, -0.15) is 0 Å². The summed E-state index contributed by atoms with van der Waals surface area (Å²) in [7, 11) is 5.16. The highest BCUT2D eigenvalue weighted by molar-refractivity contribution is 14.0. The second-order valence-electron chi connectivity index (χ2n) is 6.74. The van der Waals surface area contributed by atoms with Gasteiger partial charge in [0.1, 0.15) is 0 Å². The molecule has 25 heavy (non-hydrogen) atoms. The van der Waals surface area contributed by atoms with Crippen molar-refractivity contribution in [3.05, 3.63) is 22.2 Å². The standard InChI is InChI=1S/C18H26BrN3O2.HI/c1-20-17(22-8-7-18(12-22)5-4-6-18)21-11-13-9-14(19)16(24-3)15(10-13)23-2;/h9-10H,4-8,11-12H2,1-3H3,(H,20,21);1H. The molecule has 1 N–H and O–H groups in total. The molecule has 3 rings (SSSR count). The van der Waals surface area contributed by atoms with Gasteiger partial charge in [-0.05, 0) is 58.3 Å². The number of rotatable bonds is 4. The lowest BCUT2D eigenvalue weighted by atomic mass is 9.68. The van der Waals surface area contributed by atoms with Gasteiger partial charge in [-0.1, -0.05) is 6.42 Å². The zero-order chi connectivity index (χ0) is 17.2. The molecule has 0 aromatic heterocycles. The Kier molecular flexibility index (Phi) is 7.25. The van der Waals surface area contributed by atoms with Crippen LogP contribution in [0.15, 0.2) is 21.6 Å². The summed E-state index contributed by atoms with van der Waals surface area (Å²) in [6.45, 7) is 2.95. The summed E-state index contributed by atoms with van der Waals surface area (Å²) >= 11 is 3.55. The summed E-state index contributed by atoms with van der Waals surface area (Å²) < 4.78 is 11.7. The molecule has 7 heteroatoms. The van der Waals surface area contributed by atoms with Crippen molar-refractivity contribution in [3.63, 3.8) is 0 Å². The van der Waals surface area contributed by atoms with Gasteiger partial charge >= 0.3 is 0 Å². The molecule has 1 saturated carbocycles. The van der Waals surface area contributed by atoms with E-state index in [-0.39, 0.29) is 24.0 Å². The number of hydrogen-bond donors (Lipinski definition) is 1. The first-order valence-electron chi connectivity index (χ1n) is 8.47. The van der Waals surface area contributed by atoms with E-state index in [1.54, 1.807) is 14.2 Å². The number of methoxy groups -OCH3 is 2. The lowest BCUT2D eigenvalue weighted by Crippen LogP contribution is -2.42. The van der Waals surface area contributed by atoms with Crippen molar-refractivity contribution in [2.45, 2.75) is 32.2 Å². The number of hydrogen-bond acceptors (Lipinski definition) is 3. The summed E-state index contributed by atoms with van der Waals surface area (Å²) in [5.74, 6) is 2.44. The van der Waals surface area contributed by atoms with E-state index in [0.717, 1.165) is 40.6 Å². The summed E-state index contributed by atoms with van der Waals surface area (Å²) in [5.41, 5.74) is 1.70. The fraction of sp³-hybridized carbons (Fsp3) is 0.611. The maximum absolute atomic E-state index is 5.42. The normalized spacial score (nSPS) is 18.6. The molecule has 2 fully saturated rings.